The normalized spacial score (nSPS) is 14.0. The first-order valence-electron chi connectivity index (χ1n) is 10.8. The molecule has 3 rings (SSSR count). The molecule has 0 radical (unpaired) electrons. The van der Waals surface area contributed by atoms with E-state index >= 15 is 0 Å². The summed E-state index contributed by atoms with van der Waals surface area (Å²) in [4.78, 5) is 29.4. The van der Waals surface area contributed by atoms with Crippen LogP contribution < -0.4 is 0 Å². The monoisotopic (exact) mass is 415 g/mol. The Kier molecular flexibility index (Phi) is 8.00. The lowest BCUT2D eigenvalue weighted by Crippen LogP contribution is -2.44. The van der Waals surface area contributed by atoms with E-state index in [4.69, 9.17) is 5.26 Å². The molecule has 0 aromatic heterocycles. The molecule has 5 nitrogen and oxygen atoms in total. The molecule has 0 atom stereocenters. The van der Waals surface area contributed by atoms with Crippen LogP contribution in [0.4, 0.5) is 0 Å². The van der Waals surface area contributed by atoms with Crippen LogP contribution in [0.5, 0.6) is 0 Å². The first-order valence-corrected chi connectivity index (χ1v) is 10.8. The highest BCUT2D eigenvalue weighted by Gasteiger charge is 2.29. The Morgan fingerprint density at radius 2 is 1.74 bits per heavy atom. The zero-order valence-electron chi connectivity index (χ0n) is 17.9. The lowest BCUT2D eigenvalue weighted by Gasteiger charge is -2.34. The Morgan fingerprint density at radius 3 is 2.35 bits per heavy atom. The highest BCUT2D eigenvalue weighted by atomic mass is 16.2. The van der Waals surface area contributed by atoms with Crippen molar-refractivity contribution in [1.82, 2.24) is 9.80 Å². The molecule has 1 fully saturated rings. The van der Waals surface area contributed by atoms with Crippen molar-refractivity contribution < 1.29 is 9.59 Å². The third-order valence-electron chi connectivity index (χ3n) is 5.78. The topological polar surface area (TPSA) is 64.4 Å². The van der Waals surface area contributed by atoms with Crippen LogP contribution in [0.15, 0.2) is 67.3 Å². The van der Waals surface area contributed by atoms with Gasteiger partial charge in [-0.2, -0.15) is 5.26 Å². The van der Waals surface area contributed by atoms with Crippen molar-refractivity contribution in [3.63, 3.8) is 0 Å². The number of rotatable bonds is 8. The van der Waals surface area contributed by atoms with Gasteiger partial charge in [-0.1, -0.05) is 48.5 Å². The maximum absolute atomic E-state index is 13.1. The molecule has 0 aliphatic carbocycles. The van der Waals surface area contributed by atoms with E-state index in [2.05, 4.69) is 12.6 Å². The van der Waals surface area contributed by atoms with Gasteiger partial charge < -0.3 is 9.80 Å². The summed E-state index contributed by atoms with van der Waals surface area (Å²) in [6, 6.07) is 19.5. The molecule has 0 N–H and O–H groups in total. The van der Waals surface area contributed by atoms with Crippen molar-refractivity contribution in [1.29, 1.82) is 5.26 Å². The summed E-state index contributed by atoms with van der Waals surface area (Å²) in [6.45, 7) is 6.02. The maximum atomic E-state index is 13.1. The molecule has 0 saturated carbocycles. The minimum atomic E-state index is -0.0727. The largest absolute Gasteiger partial charge is 0.343 e. The molecule has 2 amide bonds. The fourth-order valence-electron chi connectivity index (χ4n) is 3.98. The maximum Gasteiger partial charge on any atom is 0.226 e. The number of nitriles is 1. The highest BCUT2D eigenvalue weighted by Crippen LogP contribution is 2.22. The number of benzene rings is 2. The van der Waals surface area contributed by atoms with Gasteiger partial charge in [0.15, 0.2) is 0 Å². The summed E-state index contributed by atoms with van der Waals surface area (Å²) in [6.07, 6.45) is 4.37. The van der Waals surface area contributed by atoms with Gasteiger partial charge in [0.1, 0.15) is 0 Å². The van der Waals surface area contributed by atoms with Crippen LogP contribution in [0, 0.1) is 17.2 Å². The van der Waals surface area contributed by atoms with Crippen molar-refractivity contribution >= 4 is 11.8 Å². The fourth-order valence-corrected chi connectivity index (χ4v) is 3.98. The van der Waals surface area contributed by atoms with E-state index in [0.717, 1.165) is 12.0 Å². The van der Waals surface area contributed by atoms with Crippen LogP contribution in [0.3, 0.4) is 0 Å². The second-order valence-corrected chi connectivity index (χ2v) is 7.96. The van der Waals surface area contributed by atoms with Crippen molar-refractivity contribution in [2.45, 2.75) is 32.2 Å². The molecule has 2 aromatic carbocycles. The average Bonchev–Trinajstić information content (AvgIpc) is 2.83. The molecule has 0 unspecified atom stereocenters. The Labute approximate surface area is 184 Å². The summed E-state index contributed by atoms with van der Waals surface area (Å²) >= 11 is 0. The molecular weight excluding hydrogens is 386 g/mol. The zero-order chi connectivity index (χ0) is 22.1. The molecule has 0 bridgehead atoms. The Bertz CT molecular complexity index is 923. The third-order valence-corrected chi connectivity index (χ3v) is 5.78. The number of hydrogen-bond donors (Lipinski definition) is 0. The van der Waals surface area contributed by atoms with Gasteiger partial charge in [0.2, 0.25) is 11.8 Å². The first-order chi connectivity index (χ1) is 15.1. The number of carbonyl (C=O) groups is 2. The number of aryl methyl sites for hydroxylation is 1. The molecular formula is C26H29N3O2. The Balaban J connectivity index is 1.51. The predicted octanol–water partition coefficient (Wildman–Crippen LogP) is 3.94. The second kappa shape index (κ2) is 11.1. The number of nitrogens with zero attached hydrogens (tertiary/aromatic N) is 3. The van der Waals surface area contributed by atoms with Crippen LogP contribution in [0.1, 0.15) is 36.0 Å². The van der Waals surface area contributed by atoms with Crippen molar-refractivity contribution in [3.8, 4) is 6.07 Å². The number of likely N-dealkylation sites (tertiary alicyclic amines) is 1. The molecule has 31 heavy (non-hydrogen) atoms. The minimum Gasteiger partial charge on any atom is -0.343 e. The molecule has 160 valence electrons. The standard InChI is InChI=1S/C26H29N3O2/c1-2-16-29(20-23-10-8-22(19-27)9-11-23)26(31)24-14-17-28(18-15-24)25(30)13-12-21-6-4-3-5-7-21/h2-11,24H,1,12-18,20H2. The van der Waals surface area contributed by atoms with E-state index in [9.17, 15) is 9.59 Å². The van der Waals surface area contributed by atoms with Gasteiger partial charge in [0.05, 0.1) is 11.6 Å². The van der Waals surface area contributed by atoms with Gasteiger partial charge in [-0.05, 0) is 42.5 Å². The lowest BCUT2D eigenvalue weighted by atomic mass is 9.94. The number of hydrogen-bond acceptors (Lipinski definition) is 3. The molecule has 0 spiro atoms. The number of amides is 2. The number of carbonyl (C=O) groups excluding carboxylic acids is 2. The van der Waals surface area contributed by atoms with Gasteiger partial charge in [0.25, 0.3) is 0 Å². The van der Waals surface area contributed by atoms with E-state index in [1.807, 2.05) is 52.3 Å². The lowest BCUT2D eigenvalue weighted by molar-refractivity contribution is -0.140. The SMILES string of the molecule is C=CCN(Cc1ccc(C#N)cc1)C(=O)C1CCN(C(=O)CCc2ccccc2)CC1. The Morgan fingerprint density at radius 1 is 1.06 bits per heavy atom. The molecule has 5 heteroatoms. The summed E-state index contributed by atoms with van der Waals surface area (Å²) < 4.78 is 0. The van der Waals surface area contributed by atoms with Gasteiger partial charge in [-0.15, -0.1) is 6.58 Å². The highest BCUT2D eigenvalue weighted by molar-refractivity contribution is 5.80. The summed E-state index contributed by atoms with van der Waals surface area (Å²) in [5.74, 6) is 0.201. The van der Waals surface area contributed by atoms with E-state index < -0.39 is 0 Å². The van der Waals surface area contributed by atoms with Crippen LogP contribution in [0.2, 0.25) is 0 Å². The first kappa shape index (κ1) is 22.3. The minimum absolute atomic E-state index is 0.0727. The van der Waals surface area contributed by atoms with Gasteiger partial charge in [-0.3, -0.25) is 9.59 Å². The van der Waals surface area contributed by atoms with Crippen molar-refractivity contribution in [2.75, 3.05) is 19.6 Å². The molecule has 1 saturated heterocycles. The van der Waals surface area contributed by atoms with Gasteiger partial charge in [-0.25, -0.2) is 0 Å². The molecule has 1 aliphatic heterocycles. The van der Waals surface area contributed by atoms with Crippen LogP contribution in [-0.2, 0) is 22.6 Å². The average molecular weight is 416 g/mol. The van der Waals surface area contributed by atoms with Crippen molar-refractivity contribution in [2.24, 2.45) is 5.92 Å². The van der Waals surface area contributed by atoms with Crippen LogP contribution in [0.25, 0.3) is 0 Å². The zero-order valence-corrected chi connectivity index (χ0v) is 17.9. The second-order valence-electron chi connectivity index (χ2n) is 7.96. The van der Waals surface area contributed by atoms with Crippen LogP contribution >= 0.6 is 0 Å². The molecule has 2 aromatic rings. The van der Waals surface area contributed by atoms with E-state index in [0.29, 0.717) is 51.0 Å². The summed E-state index contributed by atoms with van der Waals surface area (Å²) in [5, 5.41) is 8.95. The fraction of sp³-hybridized carbons (Fsp3) is 0.346. The van der Waals surface area contributed by atoms with Crippen LogP contribution in [-0.4, -0.2) is 41.2 Å². The summed E-state index contributed by atoms with van der Waals surface area (Å²) in [5.41, 5.74) is 2.76. The van der Waals surface area contributed by atoms with Gasteiger partial charge >= 0.3 is 0 Å². The van der Waals surface area contributed by atoms with E-state index in [-0.39, 0.29) is 17.7 Å². The van der Waals surface area contributed by atoms with E-state index in [1.165, 1.54) is 5.56 Å². The smallest absolute Gasteiger partial charge is 0.226 e. The molecule has 1 heterocycles. The predicted molar refractivity (Wildman–Crippen MR) is 121 cm³/mol. The Hall–Kier alpha value is -3.39. The summed E-state index contributed by atoms with van der Waals surface area (Å²) in [7, 11) is 0. The third kappa shape index (κ3) is 6.29. The quantitative estimate of drug-likeness (QED) is 0.614. The van der Waals surface area contributed by atoms with Gasteiger partial charge in [0, 0.05) is 38.5 Å². The van der Waals surface area contributed by atoms with Crippen molar-refractivity contribution in [3.05, 3.63) is 83.9 Å². The van der Waals surface area contributed by atoms with E-state index in [1.54, 1.807) is 18.2 Å². The molecule has 1 aliphatic rings. The number of piperidine rings is 1.